The van der Waals surface area contributed by atoms with E-state index in [-0.39, 0.29) is 5.56 Å². The molecule has 0 aliphatic heterocycles. The maximum absolute atomic E-state index is 13.8. The SMILES string of the molecule is N#Cc1cccc(-c2csc(-c3ccc(F)cc3F)n2)c1. The molecule has 0 N–H and O–H groups in total. The van der Waals surface area contributed by atoms with Gasteiger partial charge in [0.2, 0.25) is 0 Å². The van der Waals surface area contributed by atoms with Gasteiger partial charge in [0.1, 0.15) is 16.6 Å². The second-order valence-corrected chi connectivity index (χ2v) is 5.21. The first-order valence-electron chi connectivity index (χ1n) is 6.09. The standard InChI is InChI=1S/C16H8F2N2S/c17-12-4-5-13(14(18)7-12)16-20-15(9-21-16)11-3-1-2-10(6-11)8-19/h1-7,9H. The third-order valence-electron chi connectivity index (χ3n) is 2.95. The van der Waals surface area contributed by atoms with Crippen molar-refractivity contribution in [1.82, 2.24) is 4.98 Å². The first-order valence-corrected chi connectivity index (χ1v) is 6.97. The van der Waals surface area contributed by atoms with Crippen molar-refractivity contribution < 1.29 is 8.78 Å². The number of hydrogen-bond donors (Lipinski definition) is 0. The van der Waals surface area contributed by atoms with Crippen molar-refractivity contribution in [3.05, 3.63) is 65.0 Å². The minimum Gasteiger partial charge on any atom is -0.236 e. The van der Waals surface area contributed by atoms with Crippen molar-refractivity contribution in [3.63, 3.8) is 0 Å². The number of thiazole rings is 1. The Balaban J connectivity index is 2.02. The van der Waals surface area contributed by atoms with Gasteiger partial charge in [0.05, 0.1) is 17.3 Å². The highest BCUT2D eigenvalue weighted by Crippen LogP contribution is 2.30. The minimum absolute atomic E-state index is 0.268. The van der Waals surface area contributed by atoms with Gasteiger partial charge in [-0.25, -0.2) is 13.8 Å². The van der Waals surface area contributed by atoms with Gasteiger partial charge >= 0.3 is 0 Å². The van der Waals surface area contributed by atoms with E-state index in [4.69, 9.17) is 5.26 Å². The van der Waals surface area contributed by atoms with Crippen LogP contribution in [0.2, 0.25) is 0 Å². The molecular weight excluding hydrogens is 290 g/mol. The highest BCUT2D eigenvalue weighted by Gasteiger charge is 2.11. The zero-order chi connectivity index (χ0) is 14.8. The van der Waals surface area contributed by atoms with Crippen molar-refractivity contribution in [1.29, 1.82) is 5.26 Å². The van der Waals surface area contributed by atoms with Gasteiger partial charge in [0.15, 0.2) is 0 Å². The minimum atomic E-state index is -0.637. The summed E-state index contributed by atoms with van der Waals surface area (Å²) in [6.45, 7) is 0. The lowest BCUT2D eigenvalue weighted by Gasteiger charge is -1.99. The molecule has 0 unspecified atom stereocenters. The van der Waals surface area contributed by atoms with Crippen LogP contribution >= 0.6 is 11.3 Å². The topological polar surface area (TPSA) is 36.7 Å². The summed E-state index contributed by atoms with van der Waals surface area (Å²) in [5, 5.41) is 11.2. The Morgan fingerprint density at radius 3 is 2.71 bits per heavy atom. The molecule has 0 radical (unpaired) electrons. The van der Waals surface area contributed by atoms with Crippen LogP contribution in [0.25, 0.3) is 21.8 Å². The van der Waals surface area contributed by atoms with Gasteiger partial charge in [-0.1, -0.05) is 12.1 Å². The maximum Gasteiger partial charge on any atom is 0.136 e. The number of hydrogen-bond acceptors (Lipinski definition) is 3. The van der Waals surface area contributed by atoms with Gasteiger partial charge in [-0.2, -0.15) is 5.26 Å². The van der Waals surface area contributed by atoms with E-state index in [1.165, 1.54) is 23.5 Å². The fraction of sp³-hybridized carbons (Fsp3) is 0. The van der Waals surface area contributed by atoms with Crippen LogP contribution in [0.3, 0.4) is 0 Å². The molecule has 1 aromatic heterocycles. The molecule has 0 bridgehead atoms. The third-order valence-corrected chi connectivity index (χ3v) is 3.83. The molecule has 0 saturated carbocycles. The average Bonchev–Trinajstić information content (AvgIpc) is 2.97. The van der Waals surface area contributed by atoms with Crippen LogP contribution in [-0.4, -0.2) is 4.98 Å². The van der Waals surface area contributed by atoms with Crippen LogP contribution in [0.15, 0.2) is 47.8 Å². The molecule has 0 spiro atoms. The van der Waals surface area contributed by atoms with Crippen molar-refractivity contribution in [2.75, 3.05) is 0 Å². The fourth-order valence-electron chi connectivity index (χ4n) is 1.94. The largest absolute Gasteiger partial charge is 0.236 e. The van der Waals surface area contributed by atoms with Crippen LogP contribution < -0.4 is 0 Å². The van der Waals surface area contributed by atoms with Crippen LogP contribution in [0.5, 0.6) is 0 Å². The van der Waals surface area contributed by atoms with Gasteiger partial charge in [0.25, 0.3) is 0 Å². The Morgan fingerprint density at radius 1 is 1.10 bits per heavy atom. The van der Waals surface area contributed by atoms with Crippen molar-refractivity contribution in [2.24, 2.45) is 0 Å². The monoisotopic (exact) mass is 298 g/mol. The molecule has 2 aromatic carbocycles. The molecule has 0 aliphatic rings. The molecule has 2 nitrogen and oxygen atoms in total. The quantitative estimate of drug-likeness (QED) is 0.691. The van der Waals surface area contributed by atoms with E-state index in [9.17, 15) is 8.78 Å². The molecule has 0 saturated heterocycles. The van der Waals surface area contributed by atoms with E-state index >= 15 is 0 Å². The summed E-state index contributed by atoms with van der Waals surface area (Å²) in [7, 11) is 0. The second kappa shape index (κ2) is 5.43. The zero-order valence-electron chi connectivity index (χ0n) is 10.7. The lowest BCUT2D eigenvalue weighted by Crippen LogP contribution is -1.86. The number of rotatable bonds is 2. The molecule has 21 heavy (non-hydrogen) atoms. The Morgan fingerprint density at radius 2 is 1.95 bits per heavy atom. The Labute approximate surface area is 123 Å². The molecule has 5 heteroatoms. The summed E-state index contributed by atoms with van der Waals surface area (Å²) in [5.41, 5.74) is 2.26. The van der Waals surface area contributed by atoms with Crippen LogP contribution in [0, 0.1) is 23.0 Å². The highest BCUT2D eigenvalue weighted by molar-refractivity contribution is 7.13. The summed E-state index contributed by atoms with van der Waals surface area (Å²) in [4.78, 5) is 4.36. The summed E-state index contributed by atoms with van der Waals surface area (Å²) < 4.78 is 26.7. The zero-order valence-corrected chi connectivity index (χ0v) is 11.5. The second-order valence-electron chi connectivity index (χ2n) is 4.35. The smallest absolute Gasteiger partial charge is 0.136 e. The van der Waals surface area contributed by atoms with E-state index in [0.29, 0.717) is 16.3 Å². The van der Waals surface area contributed by atoms with Crippen molar-refractivity contribution >= 4 is 11.3 Å². The molecular formula is C16H8F2N2S. The summed E-state index contributed by atoms with van der Waals surface area (Å²) in [6, 6.07) is 12.5. The van der Waals surface area contributed by atoms with E-state index in [1.54, 1.807) is 23.6 Å². The maximum atomic E-state index is 13.8. The van der Waals surface area contributed by atoms with Gasteiger partial charge < -0.3 is 0 Å². The number of nitrogens with zero attached hydrogens (tertiary/aromatic N) is 2. The normalized spacial score (nSPS) is 10.3. The van der Waals surface area contributed by atoms with Gasteiger partial charge in [0, 0.05) is 22.6 Å². The molecule has 1 heterocycles. The van der Waals surface area contributed by atoms with E-state index in [2.05, 4.69) is 11.1 Å². The highest BCUT2D eigenvalue weighted by atomic mass is 32.1. The third kappa shape index (κ3) is 2.67. The van der Waals surface area contributed by atoms with Crippen LogP contribution in [-0.2, 0) is 0 Å². The van der Waals surface area contributed by atoms with Crippen LogP contribution in [0.1, 0.15) is 5.56 Å². The first kappa shape index (κ1) is 13.4. The number of aromatic nitrogens is 1. The Kier molecular flexibility index (Phi) is 3.46. The van der Waals surface area contributed by atoms with Gasteiger partial charge in [-0.3, -0.25) is 0 Å². The molecule has 3 aromatic rings. The van der Waals surface area contributed by atoms with Gasteiger partial charge in [-0.15, -0.1) is 11.3 Å². The summed E-state index contributed by atoms with van der Waals surface area (Å²) >= 11 is 1.27. The van der Waals surface area contributed by atoms with E-state index < -0.39 is 11.6 Å². The average molecular weight is 298 g/mol. The molecule has 0 atom stereocenters. The van der Waals surface area contributed by atoms with E-state index in [1.807, 2.05) is 6.07 Å². The molecule has 3 rings (SSSR count). The summed E-state index contributed by atoms with van der Waals surface area (Å²) in [6.07, 6.45) is 0. The van der Waals surface area contributed by atoms with Crippen molar-refractivity contribution in [2.45, 2.75) is 0 Å². The molecule has 0 amide bonds. The predicted molar refractivity (Wildman–Crippen MR) is 77.6 cm³/mol. The number of halogens is 2. The number of benzene rings is 2. The molecule has 102 valence electrons. The van der Waals surface area contributed by atoms with Crippen LogP contribution in [0.4, 0.5) is 8.78 Å². The lowest BCUT2D eigenvalue weighted by atomic mass is 10.1. The predicted octanol–water partition coefficient (Wildman–Crippen LogP) is 4.63. The van der Waals surface area contributed by atoms with Crippen molar-refractivity contribution in [3.8, 4) is 27.9 Å². The van der Waals surface area contributed by atoms with E-state index in [0.717, 1.165) is 11.6 Å². The number of nitriles is 1. The molecule has 0 fully saturated rings. The Hall–Kier alpha value is -2.58. The summed E-state index contributed by atoms with van der Waals surface area (Å²) in [5.74, 6) is -1.25. The first-order chi connectivity index (χ1) is 10.2. The fourth-order valence-corrected chi connectivity index (χ4v) is 2.80. The Bertz CT molecular complexity index is 849. The molecule has 0 aliphatic carbocycles. The lowest BCUT2D eigenvalue weighted by molar-refractivity contribution is 0.585. The van der Waals surface area contributed by atoms with Gasteiger partial charge in [-0.05, 0) is 24.3 Å².